The summed E-state index contributed by atoms with van der Waals surface area (Å²) in [6, 6.07) is -0.130. The molecule has 1 fully saturated rings. The van der Waals surface area contributed by atoms with Crippen molar-refractivity contribution in [2.75, 3.05) is 13.2 Å². The predicted octanol–water partition coefficient (Wildman–Crippen LogP) is 1.19. The summed E-state index contributed by atoms with van der Waals surface area (Å²) >= 11 is 0. The van der Waals surface area contributed by atoms with Gasteiger partial charge in [-0.3, -0.25) is 5.41 Å². The third-order valence-electron chi connectivity index (χ3n) is 1.41. The number of carbonyl (C=O) groups is 1. The van der Waals surface area contributed by atoms with Gasteiger partial charge in [-0.25, -0.2) is 9.69 Å². The molecule has 1 amide bonds. The molecule has 0 aliphatic carbocycles. The monoisotopic (exact) mass is 186 g/mol. The molecule has 0 unspecified atom stereocenters. The molecule has 1 aliphatic heterocycles. The minimum absolute atomic E-state index is 0.130. The molecule has 1 rings (SSSR count). The highest BCUT2D eigenvalue weighted by Crippen LogP contribution is 2.12. The van der Waals surface area contributed by atoms with Crippen molar-refractivity contribution in [2.24, 2.45) is 0 Å². The van der Waals surface area contributed by atoms with Crippen LogP contribution in [0.15, 0.2) is 0 Å². The van der Waals surface area contributed by atoms with Crippen LogP contribution in [-0.2, 0) is 9.47 Å². The zero-order valence-corrected chi connectivity index (χ0v) is 8.09. The molecule has 0 aromatic heterocycles. The predicted molar refractivity (Wildman–Crippen MR) is 46.6 cm³/mol. The molecule has 0 atom stereocenters. The van der Waals surface area contributed by atoms with Crippen LogP contribution in [0.25, 0.3) is 0 Å². The lowest BCUT2D eigenvalue weighted by atomic mass is 10.2. The van der Waals surface area contributed by atoms with E-state index < -0.39 is 11.7 Å². The van der Waals surface area contributed by atoms with E-state index in [0.717, 1.165) is 0 Å². The van der Waals surface area contributed by atoms with Gasteiger partial charge in [0.15, 0.2) is 0 Å². The van der Waals surface area contributed by atoms with Crippen LogP contribution in [0.3, 0.4) is 0 Å². The normalized spacial score (nSPS) is 17.2. The van der Waals surface area contributed by atoms with Crippen LogP contribution in [0, 0.1) is 5.41 Å². The molecule has 0 radical (unpaired) electrons. The number of amides is 1. The van der Waals surface area contributed by atoms with Gasteiger partial charge in [-0.1, -0.05) is 0 Å². The molecule has 0 bridgehead atoms. The first kappa shape index (κ1) is 9.83. The zero-order valence-electron chi connectivity index (χ0n) is 8.09. The number of hydrogen-bond donors (Lipinski definition) is 1. The second kappa shape index (κ2) is 3.24. The average Bonchev–Trinajstić information content (AvgIpc) is 2.30. The van der Waals surface area contributed by atoms with E-state index in [9.17, 15) is 4.79 Å². The smallest absolute Gasteiger partial charge is 0.418 e. The van der Waals surface area contributed by atoms with E-state index >= 15 is 0 Å². The molecule has 74 valence electrons. The summed E-state index contributed by atoms with van der Waals surface area (Å²) < 4.78 is 9.87. The Hall–Kier alpha value is -1.26. The van der Waals surface area contributed by atoms with Crippen molar-refractivity contribution >= 4 is 12.1 Å². The second-order valence-electron chi connectivity index (χ2n) is 3.79. The molecular formula is C8H14N2O3. The lowest BCUT2D eigenvalue weighted by Crippen LogP contribution is -2.37. The number of nitrogens with one attached hydrogen (secondary N) is 1. The van der Waals surface area contributed by atoms with Gasteiger partial charge in [0.1, 0.15) is 12.2 Å². The maximum Gasteiger partial charge on any atom is 0.418 e. The average molecular weight is 186 g/mol. The van der Waals surface area contributed by atoms with Gasteiger partial charge in [0, 0.05) is 0 Å². The van der Waals surface area contributed by atoms with E-state index in [2.05, 4.69) is 0 Å². The van der Waals surface area contributed by atoms with Crippen molar-refractivity contribution in [1.82, 2.24) is 4.90 Å². The minimum Gasteiger partial charge on any atom is -0.463 e. The number of rotatable bonds is 0. The van der Waals surface area contributed by atoms with Crippen LogP contribution in [0.1, 0.15) is 20.8 Å². The Balaban J connectivity index is 2.53. The minimum atomic E-state index is -0.528. The van der Waals surface area contributed by atoms with Gasteiger partial charge in [0.25, 0.3) is 6.02 Å². The molecular weight excluding hydrogens is 172 g/mol. The highest BCUT2D eigenvalue weighted by molar-refractivity contribution is 5.90. The van der Waals surface area contributed by atoms with Crippen LogP contribution in [0.4, 0.5) is 4.79 Å². The number of hydrogen-bond acceptors (Lipinski definition) is 4. The molecule has 0 saturated carbocycles. The number of nitrogens with zero attached hydrogens (tertiary/aromatic N) is 1. The first-order valence-corrected chi connectivity index (χ1v) is 4.12. The van der Waals surface area contributed by atoms with E-state index in [0.29, 0.717) is 13.2 Å². The van der Waals surface area contributed by atoms with Crippen LogP contribution in [0.5, 0.6) is 0 Å². The molecule has 5 heteroatoms. The van der Waals surface area contributed by atoms with Gasteiger partial charge in [0.05, 0.1) is 6.54 Å². The Morgan fingerprint density at radius 3 is 2.62 bits per heavy atom. The van der Waals surface area contributed by atoms with Gasteiger partial charge in [0.2, 0.25) is 0 Å². The summed E-state index contributed by atoms with van der Waals surface area (Å²) in [5.41, 5.74) is -0.528. The van der Waals surface area contributed by atoms with Crippen molar-refractivity contribution in [3.05, 3.63) is 0 Å². The molecule has 1 N–H and O–H groups in total. The first-order valence-electron chi connectivity index (χ1n) is 4.12. The fourth-order valence-electron chi connectivity index (χ4n) is 0.904. The molecule has 1 saturated heterocycles. The van der Waals surface area contributed by atoms with Crippen molar-refractivity contribution in [2.45, 2.75) is 26.4 Å². The Morgan fingerprint density at radius 1 is 1.62 bits per heavy atom. The summed E-state index contributed by atoms with van der Waals surface area (Å²) in [6.45, 7) is 6.12. The molecule has 13 heavy (non-hydrogen) atoms. The first-order chi connectivity index (χ1) is 5.90. The Labute approximate surface area is 77.1 Å². The van der Waals surface area contributed by atoms with Crippen LogP contribution in [-0.4, -0.2) is 35.8 Å². The topological polar surface area (TPSA) is 62.6 Å². The highest BCUT2D eigenvalue weighted by atomic mass is 16.6. The Morgan fingerprint density at radius 2 is 2.23 bits per heavy atom. The summed E-state index contributed by atoms with van der Waals surface area (Å²) in [4.78, 5) is 12.5. The SMILES string of the molecule is CC(C)(C)OC(=O)N1CCOC1=N. The number of ether oxygens (including phenoxy) is 2. The van der Waals surface area contributed by atoms with Crippen LogP contribution >= 0.6 is 0 Å². The van der Waals surface area contributed by atoms with Gasteiger partial charge in [-0.15, -0.1) is 0 Å². The van der Waals surface area contributed by atoms with Crippen LogP contribution in [0.2, 0.25) is 0 Å². The van der Waals surface area contributed by atoms with Gasteiger partial charge in [-0.05, 0) is 20.8 Å². The Kier molecular flexibility index (Phi) is 2.45. The molecule has 1 aliphatic rings. The molecule has 0 aromatic carbocycles. The van der Waals surface area contributed by atoms with Crippen molar-refractivity contribution in [3.63, 3.8) is 0 Å². The van der Waals surface area contributed by atoms with Crippen LogP contribution < -0.4 is 0 Å². The van der Waals surface area contributed by atoms with Crippen molar-refractivity contribution in [1.29, 1.82) is 5.41 Å². The van der Waals surface area contributed by atoms with E-state index in [1.807, 2.05) is 0 Å². The maximum absolute atomic E-state index is 11.4. The summed E-state index contributed by atoms with van der Waals surface area (Å²) in [7, 11) is 0. The van der Waals surface area contributed by atoms with E-state index in [-0.39, 0.29) is 6.02 Å². The molecule has 0 spiro atoms. The molecule has 0 aromatic rings. The van der Waals surface area contributed by atoms with Gasteiger partial charge < -0.3 is 9.47 Å². The lowest BCUT2D eigenvalue weighted by Gasteiger charge is -2.22. The van der Waals surface area contributed by atoms with E-state index in [1.54, 1.807) is 20.8 Å². The van der Waals surface area contributed by atoms with E-state index in [4.69, 9.17) is 14.9 Å². The number of amidine groups is 1. The standard InChI is InChI=1S/C8H14N2O3/c1-8(2,3)13-7(11)10-4-5-12-6(10)9/h9H,4-5H2,1-3H3. The van der Waals surface area contributed by atoms with Gasteiger partial charge >= 0.3 is 6.09 Å². The van der Waals surface area contributed by atoms with Crippen molar-refractivity contribution in [3.8, 4) is 0 Å². The quantitative estimate of drug-likeness (QED) is 0.618. The number of carbonyl (C=O) groups excluding carboxylic acids is 1. The Bertz CT molecular complexity index is 232. The fraction of sp³-hybridized carbons (Fsp3) is 0.750. The second-order valence-corrected chi connectivity index (χ2v) is 3.79. The third-order valence-corrected chi connectivity index (χ3v) is 1.41. The summed E-state index contributed by atoms with van der Waals surface area (Å²) in [5, 5.41) is 7.25. The fourth-order valence-corrected chi connectivity index (χ4v) is 0.904. The highest BCUT2D eigenvalue weighted by Gasteiger charge is 2.29. The lowest BCUT2D eigenvalue weighted by molar-refractivity contribution is 0.0383. The molecule has 5 nitrogen and oxygen atoms in total. The summed E-state index contributed by atoms with van der Waals surface area (Å²) in [6.07, 6.45) is -0.519. The zero-order chi connectivity index (χ0) is 10.1. The summed E-state index contributed by atoms with van der Waals surface area (Å²) in [5.74, 6) is 0. The van der Waals surface area contributed by atoms with E-state index in [1.165, 1.54) is 4.90 Å². The van der Waals surface area contributed by atoms with Crippen molar-refractivity contribution < 1.29 is 14.3 Å². The molecule has 1 heterocycles. The van der Waals surface area contributed by atoms with Gasteiger partial charge in [-0.2, -0.15) is 0 Å². The largest absolute Gasteiger partial charge is 0.463 e. The maximum atomic E-state index is 11.4. The third kappa shape index (κ3) is 2.61.